The minimum Gasteiger partial charge on any atom is -0.369 e. The van der Waals surface area contributed by atoms with Crippen molar-refractivity contribution in [3.63, 3.8) is 0 Å². The van der Waals surface area contributed by atoms with Crippen LogP contribution in [0, 0.1) is 0 Å². The first-order chi connectivity index (χ1) is 10.7. The Morgan fingerprint density at radius 2 is 1.41 bits per heavy atom. The van der Waals surface area contributed by atoms with Gasteiger partial charge in [-0.1, -0.05) is 44.9 Å². The summed E-state index contributed by atoms with van der Waals surface area (Å²) in [6.45, 7) is 5.58. The van der Waals surface area contributed by atoms with Gasteiger partial charge in [-0.25, -0.2) is 0 Å². The highest BCUT2D eigenvalue weighted by Crippen LogP contribution is 2.09. The molecule has 0 aromatic carbocycles. The van der Waals surface area contributed by atoms with E-state index in [9.17, 15) is 9.59 Å². The fourth-order valence-corrected chi connectivity index (χ4v) is 2.17. The topological polar surface area (TPSA) is 67.4 Å². The predicted molar refractivity (Wildman–Crippen MR) is 89.7 cm³/mol. The summed E-state index contributed by atoms with van der Waals surface area (Å²) in [4.78, 5) is 21.4. The molecule has 0 unspecified atom stereocenters. The molecular formula is C17H34N2O3. The van der Waals surface area contributed by atoms with E-state index < -0.39 is 0 Å². The smallest absolute Gasteiger partial charge is 0.246 e. The van der Waals surface area contributed by atoms with Crippen molar-refractivity contribution < 1.29 is 14.3 Å². The van der Waals surface area contributed by atoms with E-state index in [1.807, 2.05) is 13.8 Å². The van der Waals surface area contributed by atoms with Gasteiger partial charge in [0, 0.05) is 13.1 Å². The summed E-state index contributed by atoms with van der Waals surface area (Å²) < 4.78 is 5.23. The van der Waals surface area contributed by atoms with Gasteiger partial charge in [-0.3, -0.25) is 9.59 Å². The quantitative estimate of drug-likeness (QED) is 0.340. The lowest BCUT2D eigenvalue weighted by atomic mass is 10.1. The van der Waals surface area contributed by atoms with Gasteiger partial charge in [0.15, 0.2) is 0 Å². The summed E-state index contributed by atoms with van der Waals surface area (Å²) in [5.74, 6) is -0.0160. The van der Waals surface area contributed by atoms with Crippen molar-refractivity contribution in [2.45, 2.75) is 77.7 Å². The molecule has 0 aliphatic carbocycles. The van der Waals surface area contributed by atoms with Gasteiger partial charge in [0.05, 0.1) is 6.10 Å². The number of amides is 2. The lowest BCUT2D eigenvalue weighted by Gasteiger charge is -2.08. The zero-order valence-electron chi connectivity index (χ0n) is 14.4. The number of rotatable bonds is 16. The summed E-state index contributed by atoms with van der Waals surface area (Å²) in [7, 11) is 0. The van der Waals surface area contributed by atoms with Crippen LogP contribution in [0.15, 0.2) is 0 Å². The SMILES string of the molecule is CC(C)OCC(=O)NCCCCCCCCCCCNC=O. The zero-order valence-corrected chi connectivity index (χ0v) is 14.4. The lowest BCUT2D eigenvalue weighted by Crippen LogP contribution is -2.29. The molecule has 0 spiro atoms. The van der Waals surface area contributed by atoms with Gasteiger partial charge >= 0.3 is 0 Å². The summed E-state index contributed by atoms with van der Waals surface area (Å²) >= 11 is 0. The normalized spacial score (nSPS) is 10.7. The molecule has 0 rings (SSSR count). The van der Waals surface area contributed by atoms with E-state index in [0.717, 1.165) is 32.3 Å². The summed E-state index contributed by atoms with van der Waals surface area (Å²) in [5.41, 5.74) is 0. The maximum atomic E-state index is 11.4. The van der Waals surface area contributed by atoms with Crippen molar-refractivity contribution in [2.75, 3.05) is 19.7 Å². The maximum absolute atomic E-state index is 11.4. The van der Waals surface area contributed by atoms with Crippen LogP contribution in [0.25, 0.3) is 0 Å². The molecular weight excluding hydrogens is 280 g/mol. The summed E-state index contributed by atoms with van der Waals surface area (Å²) in [6, 6.07) is 0. The van der Waals surface area contributed by atoms with E-state index in [4.69, 9.17) is 4.74 Å². The number of nitrogens with one attached hydrogen (secondary N) is 2. The highest BCUT2D eigenvalue weighted by Gasteiger charge is 2.01. The predicted octanol–water partition coefficient (Wildman–Crippen LogP) is 2.78. The summed E-state index contributed by atoms with van der Waals surface area (Å²) in [6.07, 6.45) is 11.7. The fraction of sp³-hybridized carbons (Fsp3) is 0.882. The molecule has 0 bridgehead atoms. The first-order valence-corrected chi connectivity index (χ1v) is 8.72. The Morgan fingerprint density at radius 3 is 1.91 bits per heavy atom. The third-order valence-corrected chi connectivity index (χ3v) is 3.45. The third kappa shape index (κ3) is 17.0. The second kappa shape index (κ2) is 16.3. The van der Waals surface area contributed by atoms with Gasteiger partial charge in [-0.2, -0.15) is 0 Å². The first-order valence-electron chi connectivity index (χ1n) is 8.72. The van der Waals surface area contributed by atoms with Gasteiger partial charge in [-0.05, 0) is 26.7 Å². The number of ether oxygens (including phenoxy) is 1. The van der Waals surface area contributed by atoms with Crippen molar-refractivity contribution in [1.82, 2.24) is 10.6 Å². The number of unbranched alkanes of at least 4 members (excludes halogenated alkanes) is 8. The van der Waals surface area contributed by atoms with Gasteiger partial charge < -0.3 is 15.4 Å². The minimum atomic E-state index is -0.0160. The molecule has 130 valence electrons. The van der Waals surface area contributed by atoms with Crippen LogP contribution in [0.1, 0.15) is 71.6 Å². The van der Waals surface area contributed by atoms with E-state index in [0.29, 0.717) is 0 Å². The Kier molecular flexibility index (Phi) is 15.5. The van der Waals surface area contributed by atoms with Crippen LogP contribution in [0.5, 0.6) is 0 Å². The van der Waals surface area contributed by atoms with Crippen molar-refractivity contribution in [3.05, 3.63) is 0 Å². The monoisotopic (exact) mass is 314 g/mol. The number of carbonyl (C=O) groups excluding carboxylic acids is 2. The molecule has 0 heterocycles. The molecule has 5 heteroatoms. The molecule has 0 aromatic heterocycles. The highest BCUT2D eigenvalue weighted by molar-refractivity contribution is 5.77. The Morgan fingerprint density at radius 1 is 0.909 bits per heavy atom. The van der Waals surface area contributed by atoms with Crippen LogP contribution in [0.4, 0.5) is 0 Å². The molecule has 2 N–H and O–H groups in total. The van der Waals surface area contributed by atoms with E-state index in [-0.39, 0.29) is 18.6 Å². The third-order valence-electron chi connectivity index (χ3n) is 3.45. The molecule has 0 atom stereocenters. The van der Waals surface area contributed by atoms with Crippen molar-refractivity contribution >= 4 is 12.3 Å². The number of carbonyl (C=O) groups is 2. The van der Waals surface area contributed by atoms with Crippen molar-refractivity contribution in [1.29, 1.82) is 0 Å². The molecule has 0 saturated heterocycles. The van der Waals surface area contributed by atoms with Crippen LogP contribution in [-0.4, -0.2) is 38.1 Å². The van der Waals surface area contributed by atoms with Crippen molar-refractivity contribution in [3.8, 4) is 0 Å². The molecule has 0 aliphatic heterocycles. The molecule has 0 radical (unpaired) electrons. The Balaban J connectivity index is 3.11. The van der Waals surface area contributed by atoms with Gasteiger partial charge in [-0.15, -0.1) is 0 Å². The van der Waals surface area contributed by atoms with Gasteiger partial charge in [0.25, 0.3) is 0 Å². The van der Waals surface area contributed by atoms with Crippen LogP contribution >= 0.6 is 0 Å². The molecule has 0 saturated carbocycles. The molecule has 5 nitrogen and oxygen atoms in total. The van der Waals surface area contributed by atoms with Crippen molar-refractivity contribution in [2.24, 2.45) is 0 Å². The number of hydrogen-bond acceptors (Lipinski definition) is 3. The highest BCUT2D eigenvalue weighted by atomic mass is 16.5. The second-order valence-electron chi connectivity index (χ2n) is 5.96. The van der Waals surface area contributed by atoms with Crippen LogP contribution in [0.2, 0.25) is 0 Å². The largest absolute Gasteiger partial charge is 0.369 e. The van der Waals surface area contributed by atoms with E-state index >= 15 is 0 Å². The summed E-state index contributed by atoms with van der Waals surface area (Å²) in [5, 5.41) is 5.56. The minimum absolute atomic E-state index is 0.0160. The lowest BCUT2D eigenvalue weighted by molar-refractivity contribution is -0.127. The Labute approximate surface area is 135 Å². The fourth-order valence-electron chi connectivity index (χ4n) is 2.17. The van der Waals surface area contributed by atoms with E-state index in [2.05, 4.69) is 10.6 Å². The van der Waals surface area contributed by atoms with Crippen LogP contribution in [-0.2, 0) is 14.3 Å². The standard InChI is InChI=1S/C17H34N2O3/c1-16(2)22-14-17(21)19-13-11-9-7-5-3-4-6-8-10-12-18-15-20/h15-16H,3-14H2,1-2H3,(H,18,20)(H,19,21). The Hall–Kier alpha value is -1.10. The van der Waals surface area contributed by atoms with Gasteiger partial charge in [0.2, 0.25) is 12.3 Å². The van der Waals surface area contributed by atoms with Crippen LogP contribution in [0.3, 0.4) is 0 Å². The zero-order chi connectivity index (χ0) is 16.5. The number of hydrogen-bond donors (Lipinski definition) is 2. The van der Waals surface area contributed by atoms with Crippen LogP contribution < -0.4 is 10.6 Å². The average Bonchev–Trinajstić information content (AvgIpc) is 2.49. The molecule has 22 heavy (non-hydrogen) atoms. The molecule has 2 amide bonds. The first kappa shape index (κ1) is 20.9. The maximum Gasteiger partial charge on any atom is 0.246 e. The van der Waals surface area contributed by atoms with Gasteiger partial charge in [0.1, 0.15) is 6.61 Å². The second-order valence-corrected chi connectivity index (χ2v) is 5.96. The molecule has 0 aliphatic rings. The van der Waals surface area contributed by atoms with E-state index in [1.54, 1.807) is 0 Å². The average molecular weight is 314 g/mol. The molecule has 0 fully saturated rings. The Bertz CT molecular complexity index is 271. The molecule has 0 aromatic rings. The van der Waals surface area contributed by atoms with E-state index in [1.165, 1.54) is 44.9 Å².